The Morgan fingerprint density at radius 2 is 2.05 bits per heavy atom. The molecule has 2 heterocycles. The highest BCUT2D eigenvalue weighted by molar-refractivity contribution is 5.75. The smallest absolute Gasteiger partial charge is 0.168 e. The third kappa shape index (κ3) is 2.56. The maximum Gasteiger partial charge on any atom is 0.168 e. The van der Waals surface area contributed by atoms with E-state index in [-0.39, 0.29) is 0 Å². The van der Waals surface area contributed by atoms with Crippen molar-refractivity contribution in [2.75, 3.05) is 6.54 Å². The molecule has 96 valence electrons. The van der Waals surface area contributed by atoms with E-state index in [0.29, 0.717) is 5.69 Å². The number of aldehydes is 1. The molecule has 0 bridgehead atoms. The van der Waals surface area contributed by atoms with Crippen LogP contribution in [0.5, 0.6) is 0 Å². The quantitative estimate of drug-likeness (QED) is 0.787. The standard InChI is InChI=1S/C16H16N2O/c19-12-16-15-7-9-18(11-14(15)6-8-17-16)10-13-4-2-1-3-5-13/h1-6,8,12H,7,9-11H2. The number of aromatic nitrogens is 1. The summed E-state index contributed by atoms with van der Waals surface area (Å²) in [5.74, 6) is 0. The van der Waals surface area contributed by atoms with Crippen molar-refractivity contribution in [1.82, 2.24) is 9.88 Å². The lowest BCUT2D eigenvalue weighted by atomic mass is 9.98. The lowest BCUT2D eigenvalue weighted by Gasteiger charge is -2.29. The highest BCUT2D eigenvalue weighted by atomic mass is 16.1. The Morgan fingerprint density at radius 1 is 1.21 bits per heavy atom. The van der Waals surface area contributed by atoms with Crippen LogP contribution in [0.1, 0.15) is 27.2 Å². The molecule has 3 rings (SSSR count). The minimum atomic E-state index is 0.608. The zero-order valence-electron chi connectivity index (χ0n) is 10.7. The van der Waals surface area contributed by atoms with E-state index in [9.17, 15) is 4.79 Å². The normalized spacial score (nSPS) is 14.9. The van der Waals surface area contributed by atoms with Crippen LogP contribution in [-0.4, -0.2) is 22.7 Å². The molecular weight excluding hydrogens is 236 g/mol. The number of benzene rings is 1. The minimum Gasteiger partial charge on any atom is -0.296 e. The van der Waals surface area contributed by atoms with Gasteiger partial charge in [0.2, 0.25) is 0 Å². The van der Waals surface area contributed by atoms with Crippen LogP contribution in [0.2, 0.25) is 0 Å². The maximum atomic E-state index is 11.0. The van der Waals surface area contributed by atoms with Crippen LogP contribution in [0.3, 0.4) is 0 Å². The number of rotatable bonds is 3. The summed E-state index contributed by atoms with van der Waals surface area (Å²) in [4.78, 5) is 17.5. The zero-order valence-corrected chi connectivity index (χ0v) is 10.7. The SMILES string of the molecule is O=Cc1nccc2c1CCN(Cc1ccccc1)C2. The number of hydrogen-bond donors (Lipinski definition) is 0. The molecule has 1 aliphatic heterocycles. The molecule has 19 heavy (non-hydrogen) atoms. The third-order valence-electron chi connectivity index (χ3n) is 3.62. The number of fused-ring (bicyclic) bond motifs is 1. The van der Waals surface area contributed by atoms with Gasteiger partial charge < -0.3 is 0 Å². The Labute approximate surface area is 112 Å². The molecule has 0 saturated carbocycles. The second-order valence-corrected chi connectivity index (χ2v) is 4.90. The van der Waals surface area contributed by atoms with Gasteiger partial charge in [0.05, 0.1) is 0 Å². The summed E-state index contributed by atoms with van der Waals surface area (Å²) < 4.78 is 0. The van der Waals surface area contributed by atoms with Crippen LogP contribution in [0.15, 0.2) is 42.6 Å². The Kier molecular flexibility index (Phi) is 3.38. The average molecular weight is 252 g/mol. The number of hydrogen-bond acceptors (Lipinski definition) is 3. The molecule has 0 amide bonds. The molecule has 1 aromatic carbocycles. The summed E-state index contributed by atoms with van der Waals surface area (Å²) >= 11 is 0. The number of carbonyl (C=O) groups excluding carboxylic acids is 1. The highest BCUT2D eigenvalue weighted by Gasteiger charge is 2.19. The van der Waals surface area contributed by atoms with Crippen molar-refractivity contribution in [2.45, 2.75) is 19.5 Å². The predicted octanol–water partition coefficient (Wildman–Crippen LogP) is 2.45. The molecule has 0 atom stereocenters. The molecule has 0 fully saturated rings. The Balaban J connectivity index is 1.77. The molecular formula is C16H16N2O. The Hall–Kier alpha value is -2.00. The molecule has 0 radical (unpaired) electrons. The molecule has 0 spiro atoms. The van der Waals surface area contributed by atoms with Crippen molar-refractivity contribution < 1.29 is 4.79 Å². The summed E-state index contributed by atoms with van der Waals surface area (Å²) in [5, 5.41) is 0. The van der Waals surface area contributed by atoms with Crippen LogP contribution < -0.4 is 0 Å². The average Bonchev–Trinajstić information content (AvgIpc) is 2.47. The van der Waals surface area contributed by atoms with Gasteiger partial charge in [0, 0.05) is 25.8 Å². The van der Waals surface area contributed by atoms with Crippen LogP contribution in [0.4, 0.5) is 0 Å². The van der Waals surface area contributed by atoms with Gasteiger partial charge in [-0.2, -0.15) is 0 Å². The molecule has 0 unspecified atom stereocenters. The van der Waals surface area contributed by atoms with Crippen molar-refractivity contribution in [3.8, 4) is 0 Å². The molecule has 3 nitrogen and oxygen atoms in total. The molecule has 0 aliphatic carbocycles. The third-order valence-corrected chi connectivity index (χ3v) is 3.62. The van der Waals surface area contributed by atoms with E-state index >= 15 is 0 Å². The first-order chi connectivity index (χ1) is 9.36. The van der Waals surface area contributed by atoms with Crippen LogP contribution in [-0.2, 0) is 19.5 Å². The van der Waals surface area contributed by atoms with E-state index in [1.54, 1.807) is 6.20 Å². The van der Waals surface area contributed by atoms with Crippen LogP contribution in [0, 0.1) is 0 Å². The largest absolute Gasteiger partial charge is 0.296 e. The molecule has 0 saturated heterocycles. The predicted molar refractivity (Wildman–Crippen MR) is 73.9 cm³/mol. The van der Waals surface area contributed by atoms with Crippen LogP contribution >= 0.6 is 0 Å². The summed E-state index contributed by atoms with van der Waals surface area (Å²) in [6.45, 7) is 2.83. The fourth-order valence-corrected chi connectivity index (χ4v) is 2.66. The van der Waals surface area contributed by atoms with Gasteiger partial charge in [0.25, 0.3) is 0 Å². The van der Waals surface area contributed by atoms with Crippen molar-refractivity contribution in [2.24, 2.45) is 0 Å². The molecule has 2 aromatic rings. The monoisotopic (exact) mass is 252 g/mol. The van der Waals surface area contributed by atoms with Crippen molar-refractivity contribution >= 4 is 6.29 Å². The van der Waals surface area contributed by atoms with E-state index in [0.717, 1.165) is 37.9 Å². The first-order valence-corrected chi connectivity index (χ1v) is 6.55. The van der Waals surface area contributed by atoms with Gasteiger partial charge >= 0.3 is 0 Å². The molecule has 3 heteroatoms. The maximum absolute atomic E-state index is 11.0. The number of pyridine rings is 1. The summed E-state index contributed by atoms with van der Waals surface area (Å²) in [7, 11) is 0. The van der Waals surface area contributed by atoms with E-state index in [2.05, 4.69) is 34.1 Å². The lowest BCUT2D eigenvalue weighted by Crippen LogP contribution is -2.30. The topological polar surface area (TPSA) is 33.2 Å². The van der Waals surface area contributed by atoms with Gasteiger partial charge in [-0.25, -0.2) is 0 Å². The van der Waals surface area contributed by atoms with E-state index in [4.69, 9.17) is 0 Å². The Bertz CT molecular complexity index is 581. The number of carbonyl (C=O) groups is 1. The molecule has 0 N–H and O–H groups in total. The van der Waals surface area contributed by atoms with Gasteiger partial charge in [0.15, 0.2) is 6.29 Å². The van der Waals surface area contributed by atoms with Gasteiger partial charge in [-0.15, -0.1) is 0 Å². The van der Waals surface area contributed by atoms with Gasteiger partial charge in [-0.05, 0) is 29.2 Å². The van der Waals surface area contributed by atoms with E-state index < -0.39 is 0 Å². The first kappa shape index (κ1) is 12.1. The van der Waals surface area contributed by atoms with E-state index in [1.807, 2.05) is 12.1 Å². The number of nitrogens with zero attached hydrogens (tertiary/aromatic N) is 2. The molecule has 1 aromatic heterocycles. The second-order valence-electron chi connectivity index (χ2n) is 4.90. The van der Waals surface area contributed by atoms with Crippen LogP contribution in [0.25, 0.3) is 0 Å². The summed E-state index contributed by atoms with van der Waals surface area (Å²) in [5.41, 5.74) is 4.30. The summed E-state index contributed by atoms with van der Waals surface area (Å²) in [6.07, 6.45) is 3.50. The van der Waals surface area contributed by atoms with Gasteiger partial charge in [0.1, 0.15) is 5.69 Å². The zero-order chi connectivity index (χ0) is 13.1. The second kappa shape index (κ2) is 5.33. The lowest BCUT2D eigenvalue weighted by molar-refractivity contribution is 0.111. The molecule has 1 aliphatic rings. The van der Waals surface area contributed by atoms with Gasteiger partial charge in [-0.3, -0.25) is 14.7 Å². The Morgan fingerprint density at radius 3 is 2.84 bits per heavy atom. The fraction of sp³-hybridized carbons (Fsp3) is 0.250. The highest BCUT2D eigenvalue weighted by Crippen LogP contribution is 2.21. The first-order valence-electron chi connectivity index (χ1n) is 6.55. The van der Waals surface area contributed by atoms with Gasteiger partial charge in [-0.1, -0.05) is 30.3 Å². The van der Waals surface area contributed by atoms with Crippen molar-refractivity contribution in [3.05, 3.63) is 65.0 Å². The fourth-order valence-electron chi connectivity index (χ4n) is 2.66. The minimum absolute atomic E-state index is 0.608. The van der Waals surface area contributed by atoms with Crippen molar-refractivity contribution in [3.63, 3.8) is 0 Å². The van der Waals surface area contributed by atoms with Crippen molar-refractivity contribution in [1.29, 1.82) is 0 Å². The van der Waals surface area contributed by atoms with E-state index in [1.165, 1.54) is 11.1 Å². The summed E-state index contributed by atoms with van der Waals surface area (Å²) in [6, 6.07) is 12.5.